The molecule has 0 saturated heterocycles. The molecule has 0 unspecified atom stereocenters. The Hall–Kier alpha value is -2.29. The normalized spacial score (nSPS) is 10.6. The molecule has 0 aliphatic carbocycles. The van der Waals surface area contributed by atoms with E-state index in [-0.39, 0.29) is 5.78 Å². The number of carbonyl (C=O) groups is 1. The summed E-state index contributed by atoms with van der Waals surface area (Å²) in [5.74, 6) is -0.0469. The molecule has 0 fully saturated rings. The molecule has 84 valence electrons. The number of aromatic nitrogens is 2. The van der Waals surface area contributed by atoms with E-state index in [2.05, 4.69) is 9.97 Å². The Labute approximate surface area is 99.9 Å². The van der Waals surface area contributed by atoms with Crippen molar-refractivity contribution in [2.24, 2.45) is 0 Å². The van der Waals surface area contributed by atoms with Crippen LogP contribution in [0.2, 0.25) is 0 Å². The Morgan fingerprint density at radius 2 is 1.94 bits per heavy atom. The molecule has 17 heavy (non-hydrogen) atoms. The molecule has 0 bridgehead atoms. The Morgan fingerprint density at radius 1 is 1.18 bits per heavy atom. The van der Waals surface area contributed by atoms with Crippen LogP contribution in [-0.2, 0) is 0 Å². The zero-order chi connectivity index (χ0) is 12.1. The lowest BCUT2D eigenvalue weighted by atomic mass is 10.1. The van der Waals surface area contributed by atoms with Crippen molar-refractivity contribution >= 4 is 11.9 Å². The van der Waals surface area contributed by atoms with E-state index < -0.39 is 0 Å². The number of hydrogen-bond acceptors (Lipinski definition) is 3. The topological polar surface area (TPSA) is 42.9 Å². The summed E-state index contributed by atoms with van der Waals surface area (Å²) in [6, 6.07) is 7.30. The van der Waals surface area contributed by atoms with E-state index in [0.29, 0.717) is 5.56 Å². The van der Waals surface area contributed by atoms with Gasteiger partial charge in [-0.3, -0.25) is 14.8 Å². The van der Waals surface area contributed by atoms with Crippen LogP contribution >= 0.6 is 0 Å². The molecular formula is C14H12N2O. The minimum Gasteiger partial charge on any atom is -0.289 e. The van der Waals surface area contributed by atoms with Crippen LogP contribution in [0.1, 0.15) is 21.6 Å². The van der Waals surface area contributed by atoms with Crippen LogP contribution in [0.25, 0.3) is 6.08 Å². The van der Waals surface area contributed by atoms with E-state index in [1.54, 1.807) is 36.8 Å². The Kier molecular flexibility index (Phi) is 3.40. The molecule has 0 spiro atoms. The summed E-state index contributed by atoms with van der Waals surface area (Å²) < 4.78 is 0. The number of allylic oxidation sites excluding steroid dienone is 1. The Morgan fingerprint density at radius 3 is 2.59 bits per heavy atom. The number of carbonyl (C=O) groups excluding carboxylic acids is 1. The first-order valence-corrected chi connectivity index (χ1v) is 5.31. The fourth-order valence-corrected chi connectivity index (χ4v) is 1.36. The van der Waals surface area contributed by atoms with E-state index in [1.807, 2.05) is 25.1 Å². The van der Waals surface area contributed by atoms with E-state index >= 15 is 0 Å². The maximum atomic E-state index is 11.8. The van der Waals surface area contributed by atoms with Crippen LogP contribution in [0.4, 0.5) is 0 Å². The van der Waals surface area contributed by atoms with Crippen molar-refractivity contribution in [1.82, 2.24) is 9.97 Å². The van der Waals surface area contributed by atoms with Crippen LogP contribution in [0.3, 0.4) is 0 Å². The van der Waals surface area contributed by atoms with Gasteiger partial charge in [0, 0.05) is 29.8 Å². The first-order chi connectivity index (χ1) is 8.25. The molecule has 0 aliphatic rings. The molecule has 2 aromatic heterocycles. The van der Waals surface area contributed by atoms with Crippen LogP contribution in [-0.4, -0.2) is 15.8 Å². The third kappa shape index (κ3) is 3.08. The number of ketones is 1. The van der Waals surface area contributed by atoms with Gasteiger partial charge in [0.05, 0.1) is 0 Å². The SMILES string of the molecule is Cc1ccc(C(=O)/C=C/c2ccncc2)cn1. The second-order valence-electron chi connectivity index (χ2n) is 3.67. The van der Waals surface area contributed by atoms with Crippen molar-refractivity contribution in [3.8, 4) is 0 Å². The highest BCUT2D eigenvalue weighted by Crippen LogP contribution is 2.04. The molecule has 0 amide bonds. The summed E-state index contributed by atoms with van der Waals surface area (Å²) in [6.45, 7) is 1.89. The van der Waals surface area contributed by atoms with E-state index in [0.717, 1.165) is 11.3 Å². The van der Waals surface area contributed by atoms with Crippen molar-refractivity contribution < 1.29 is 4.79 Å². The van der Waals surface area contributed by atoms with E-state index in [9.17, 15) is 4.79 Å². The van der Waals surface area contributed by atoms with Crippen LogP contribution in [0.5, 0.6) is 0 Å². The summed E-state index contributed by atoms with van der Waals surface area (Å²) in [5.41, 5.74) is 2.45. The average Bonchev–Trinajstić information content (AvgIpc) is 2.38. The second-order valence-corrected chi connectivity index (χ2v) is 3.67. The average molecular weight is 224 g/mol. The van der Waals surface area contributed by atoms with E-state index in [1.165, 1.54) is 0 Å². The van der Waals surface area contributed by atoms with Crippen molar-refractivity contribution in [3.63, 3.8) is 0 Å². The van der Waals surface area contributed by atoms with Gasteiger partial charge >= 0.3 is 0 Å². The van der Waals surface area contributed by atoms with Crippen molar-refractivity contribution in [2.75, 3.05) is 0 Å². The summed E-state index contributed by atoms with van der Waals surface area (Å²) in [5, 5.41) is 0. The fourth-order valence-electron chi connectivity index (χ4n) is 1.36. The van der Waals surface area contributed by atoms with Crippen LogP contribution in [0.15, 0.2) is 48.9 Å². The first-order valence-electron chi connectivity index (χ1n) is 5.31. The summed E-state index contributed by atoms with van der Waals surface area (Å²) in [6.07, 6.45) is 8.29. The maximum absolute atomic E-state index is 11.8. The minimum absolute atomic E-state index is 0.0469. The van der Waals surface area contributed by atoms with Gasteiger partial charge in [0.15, 0.2) is 5.78 Å². The molecule has 2 rings (SSSR count). The predicted molar refractivity (Wildman–Crippen MR) is 66.6 cm³/mol. The molecule has 0 saturated carbocycles. The standard InChI is InChI=1S/C14H12N2O/c1-11-2-4-13(10-16-11)14(17)5-3-12-6-8-15-9-7-12/h2-10H,1H3/b5-3+. The summed E-state index contributed by atoms with van der Waals surface area (Å²) in [7, 11) is 0. The molecule has 2 aromatic rings. The highest BCUT2D eigenvalue weighted by atomic mass is 16.1. The summed E-state index contributed by atoms with van der Waals surface area (Å²) >= 11 is 0. The molecule has 0 aliphatic heterocycles. The lowest BCUT2D eigenvalue weighted by molar-refractivity contribution is 0.104. The lowest BCUT2D eigenvalue weighted by Crippen LogP contribution is -1.95. The zero-order valence-corrected chi connectivity index (χ0v) is 9.50. The highest BCUT2D eigenvalue weighted by Gasteiger charge is 2.00. The van der Waals surface area contributed by atoms with Gasteiger partial charge in [0.25, 0.3) is 0 Å². The van der Waals surface area contributed by atoms with Gasteiger partial charge in [-0.25, -0.2) is 0 Å². The number of hydrogen-bond donors (Lipinski definition) is 0. The lowest BCUT2D eigenvalue weighted by Gasteiger charge is -1.96. The molecular weight excluding hydrogens is 212 g/mol. The number of nitrogens with zero attached hydrogens (tertiary/aromatic N) is 2. The number of rotatable bonds is 3. The third-order valence-electron chi connectivity index (χ3n) is 2.33. The van der Waals surface area contributed by atoms with Crippen molar-refractivity contribution in [3.05, 3.63) is 65.8 Å². The number of pyridine rings is 2. The molecule has 0 N–H and O–H groups in total. The van der Waals surface area contributed by atoms with Gasteiger partial charge < -0.3 is 0 Å². The molecule has 3 heteroatoms. The van der Waals surface area contributed by atoms with Crippen LogP contribution in [0, 0.1) is 6.92 Å². The van der Waals surface area contributed by atoms with Gasteiger partial charge in [-0.05, 0) is 42.8 Å². The smallest absolute Gasteiger partial charge is 0.187 e. The first kappa shape index (κ1) is 11.2. The third-order valence-corrected chi connectivity index (χ3v) is 2.33. The molecule has 0 aromatic carbocycles. The Balaban J connectivity index is 2.12. The minimum atomic E-state index is -0.0469. The monoisotopic (exact) mass is 224 g/mol. The van der Waals surface area contributed by atoms with Gasteiger partial charge in [0.2, 0.25) is 0 Å². The van der Waals surface area contributed by atoms with Gasteiger partial charge in [-0.15, -0.1) is 0 Å². The zero-order valence-electron chi connectivity index (χ0n) is 9.50. The predicted octanol–water partition coefficient (Wildman–Crippen LogP) is 2.68. The maximum Gasteiger partial charge on any atom is 0.187 e. The van der Waals surface area contributed by atoms with Gasteiger partial charge in [-0.2, -0.15) is 0 Å². The van der Waals surface area contributed by atoms with Crippen molar-refractivity contribution in [1.29, 1.82) is 0 Å². The molecule has 0 radical (unpaired) electrons. The molecule has 3 nitrogen and oxygen atoms in total. The van der Waals surface area contributed by atoms with Gasteiger partial charge in [0.1, 0.15) is 0 Å². The quantitative estimate of drug-likeness (QED) is 0.594. The molecule has 2 heterocycles. The fraction of sp³-hybridized carbons (Fsp3) is 0.0714. The van der Waals surface area contributed by atoms with E-state index in [4.69, 9.17) is 0 Å². The highest BCUT2D eigenvalue weighted by molar-refractivity contribution is 6.06. The second kappa shape index (κ2) is 5.16. The van der Waals surface area contributed by atoms with Crippen LogP contribution < -0.4 is 0 Å². The van der Waals surface area contributed by atoms with Gasteiger partial charge in [-0.1, -0.05) is 6.08 Å². The number of aryl methyl sites for hydroxylation is 1. The largest absolute Gasteiger partial charge is 0.289 e. The Bertz CT molecular complexity index is 530. The molecule has 0 atom stereocenters. The summed E-state index contributed by atoms with van der Waals surface area (Å²) in [4.78, 5) is 19.8. The van der Waals surface area contributed by atoms with Crippen molar-refractivity contribution in [2.45, 2.75) is 6.92 Å².